The molecule has 6 rings (SSSR count). The number of Topliss-reactive ketones (excluding diaryl/α,β-unsaturated/α-hetero) is 1. The summed E-state index contributed by atoms with van der Waals surface area (Å²) in [7, 11) is 1.65. The Morgan fingerprint density at radius 2 is 1.86 bits per heavy atom. The molecule has 0 saturated carbocycles. The number of hydrogen-bond acceptors (Lipinski definition) is 5. The molecule has 0 radical (unpaired) electrons. The van der Waals surface area contributed by atoms with Gasteiger partial charge in [-0.3, -0.25) is 9.78 Å². The van der Waals surface area contributed by atoms with Crippen molar-refractivity contribution in [2.24, 2.45) is 0 Å². The molecule has 0 bridgehead atoms. The van der Waals surface area contributed by atoms with Crippen molar-refractivity contribution in [1.29, 1.82) is 0 Å². The van der Waals surface area contributed by atoms with Crippen LogP contribution in [0.5, 0.6) is 11.5 Å². The summed E-state index contributed by atoms with van der Waals surface area (Å²) in [6, 6.07) is 24.2. The van der Waals surface area contributed by atoms with Gasteiger partial charge in [-0.1, -0.05) is 42.5 Å². The molecule has 0 spiro atoms. The van der Waals surface area contributed by atoms with Crippen LogP contribution >= 0.6 is 0 Å². The van der Waals surface area contributed by atoms with Crippen molar-refractivity contribution in [1.82, 2.24) is 4.98 Å². The molecule has 174 valence electrons. The highest BCUT2D eigenvalue weighted by Crippen LogP contribution is 2.48. The summed E-state index contributed by atoms with van der Waals surface area (Å²) >= 11 is 0. The Morgan fingerprint density at radius 3 is 2.71 bits per heavy atom. The van der Waals surface area contributed by atoms with Crippen LogP contribution in [0.3, 0.4) is 0 Å². The van der Waals surface area contributed by atoms with Gasteiger partial charge in [0, 0.05) is 40.9 Å². The van der Waals surface area contributed by atoms with Crippen LogP contribution in [0.4, 0.5) is 5.69 Å². The lowest BCUT2D eigenvalue weighted by Crippen LogP contribution is -2.27. The number of carbonyl (C=O) groups excluding carboxylic acids is 1. The molecule has 2 heterocycles. The zero-order valence-corrected chi connectivity index (χ0v) is 19.6. The predicted octanol–water partition coefficient (Wildman–Crippen LogP) is 6.39. The Labute approximate surface area is 204 Å². The molecule has 35 heavy (non-hydrogen) atoms. The van der Waals surface area contributed by atoms with Crippen molar-refractivity contribution in [3.8, 4) is 11.5 Å². The van der Waals surface area contributed by atoms with Gasteiger partial charge < -0.3 is 14.8 Å². The third-order valence-corrected chi connectivity index (χ3v) is 6.90. The molecule has 4 aromatic rings. The number of ketones is 1. The van der Waals surface area contributed by atoms with E-state index in [2.05, 4.69) is 28.5 Å². The van der Waals surface area contributed by atoms with E-state index in [-0.39, 0.29) is 11.7 Å². The largest absolute Gasteiger partial charge is 0.493 e. The molecule has 0 saturated heterocycles. The second-order valence-electron chi connectivity index (χ2n) is 9.01. The van der Waals surface area contributed by atoms with Crippen LogP contribution in [0, 0.1) is 0 Å². The van der Waals surface area contributed by atoms with Crippen molar-refractivity contribution in [2.75, 3.05) is 12.4 Å². The predicted molar refractivity (Wildman–Crippen MR) is 137 cm³/mol. The van der Waals surface area contributed by atoms with Gasteiger partial charge in [0.2, 0.25) is 0 Å². The molecular formula is C30H26N2O3. The smallest absolute Gasteiger partial charge is 0.161 e. The van der Waals surface area contributed by atoms with E-state index in [4.69, 9.17) is 9.47 Å². The van der Waals surface area contributed by atoms with Crippen LogP contribution in [-0.2, 0) is 11.4 Å². The Kier molecular flexibility index (Phi) is 5.45. The van der Waals surface area contributed by atoms with Gasteiger partial charge in [0.25, 0.3) is 0 Å². The monoisotopic (exact) mass is 462 g/mol. The highest BCUT2D eigenvalue weighted by atomic mass is 16.5. The molecule has 1 aromatic heterocycles. The van der Waals surface area contributed by atoms with Crippen molar-refractivity contribution in [3.63, 3.8) is 0 Å². The van der Waals surface area contributed by atoms with Crippen molar-refractivity contribution in [3.05, 3.63) is 107 Å². The topological polar surface area (TPSA) is 60.5 Å². The maximum Gasteiger partial charge on any atom is 0.161 e. The zero-order valence-electron chi connectivity index (χ0n) is 19.6. The number of methoxy groups -OCH3 is 1. The van der Waals surface area contributed by atoms with E-state index in [1.807, 2.05) is 54.6 Å². The van der Waals surface area contributed by atoms with Crippen LogP contribution in [0.2, 0.25) is 0 Å². The van der Waals surface area contributed by atoms with E-state index in [0.29, 0.717) is 24.5 Å². The molecule has 5 nitrogen and oxygen atoms in total. The maximum atomic E-state index is 13.3. The summed E-state index contributed by atoms with van der Waals surface area (Å²) in [5, 5.41) is 4.63. The van der Waals surface area contributed by atoms with Gasteiger partial charge in [-0.15, -0.1) is 0 Å². The minimum atomic E-state index is -0.195. The average molecular weight is 463 g/mol. The van der Waals surface area contributed by atoms with E-state index >= 15 is 0 Å². The zero-order chi connectivity index (χ0) is 23.8. The fourth-order valence-electron chi connectivity index (χ4n) is 5.28. The lowest BCUT2D eigenvalue weighted by Gasteiger charge is -2.35. The first-order chi connectivity index (χ1) is 17.2. The third-order valence-electron chi connectivity index (χ3n) is 6.90. The first-order valence-electron chi connectivity index (χ1n) is 12.0. The van der Waals surface area contributed by atoms with E-state index in [1.54, 1.807) is 13.3 Å². The SMILES string of the molecule is COc1cc([C@@H]2C3=C(CCCC3=O)Nc3ccc4ncccc4c32)ccc1OCc1ccccc1. The number of allylic oxidation sites excluding steroid dienone is 2. The van der Waals surface area contributed by atoms with Gasteiger partial charge in [-0.2, -0.15) is 0 Å². The number of anilines is 1. The van der Waals surface area contributed by atoms with Gasteiger partial charge in [0.1, 0.15) is 6.61 Å². The molecule has 1 aliphatic heterocycles. The fourth-order valence-corrected chi connectivity index (χ4v) is 5.28. The van der Waals surface area contributed by atoms with Crippen LogP contribution in [0.15, 0.2) is 90.3 Å². The molecule has 2 aliphatic rings. The van der Waals surface area contributed by atoms with E-state index in [1.165, 1.54) is 0 Å². The number of ether oxygens (including phenoxy) is 2. The van der Waals surface area contributed by atoms with Crippen LogP contribution < -0.4 is 14.8 Å². The van der Waals surface area contributed by atoms with Crippen molar-refractivity contribution >= 4 is 22.4 Å². The molecule has 0 unspecified atom stereocenters. The Morgan fingerprint density at radius 1 is 0.971 bits per heavy atom. The maximum absolute atomic E-state index is 13.3. The van der Waals surface area contributed by atoms with Crippen LogP contribution in [0.1, 0.15) is 41.9 Å². The van der Waals surface area contributed by atoms with E-state index in [0.717, 1.165) is 57.4 Å². The molecule has 5 heteroatoms. The molecule has 3 aromatic carbocycles. The van der Waals surface area contributed by atoms with Crippen LogP contribution in [-0.4, -0.2) is 17.9 Å². The lowest BCUT2D eigenvalue weighted by molar-refractivity contribution is -0.116. The molecule has 1 aliphatic carbocycles. The Bertz CT molecular complexity index is 1460. The number of nitrogens with zero attached hydrogens (tertiary/aromatic N) is 1. The number of hydrogen-bond donors (Lipinski definition) is 1. The highest BCUT2D eigenvalue weighted by molar-refractivity contribution is 6.03. The van der Waals surface area contributed by atoms with E-state index < -0.39 is 0 Å². The number of aromatic nitrogens is 1. The van der Waals surface area contributed by atoms with Crippen LogP contribution in [0.25, 0.3) is 10.9 Å². The lowest BCUT2D eigenvalue weighted by atomic mass is 9.74. The summed E-state index contributed by atoms with van der Waals surface area (Å²) < 4.78 is 11.8. The molecule has 0 amide bonds. The standard InChI is InChI=1S/C30H26N2O3/c1-34-27-17-20(12-15-26(27)35-18-19-7-3-2-4-8-19)28-29-21-9-6-16-31-22(21)13-14-24(29)32-23-10-5-11-25(33)30(23)28/h2-4,6-9,12-17,28,32H,5,10-11,18H2,1H3/t28-/m0/s1. The van der Waals surface area contributed by atoms with Gasteiger partial charge in [0.05, 0.1) is 12.6 Å². The second-order valence-corrected chi connectivity index (χ2v) is 9.01. The number of nitrogens with one attached hydrogen (secondary N) is 1. The number of pyridine rings is 1. The first kappa shape index (κ1) is 21.4. The molecule has 0 fully saturated rings. The summed E-state index contributed by atoms with van der Waals surface area (Å²) in [4.78, 5) is 17.8. The van der Waals surface area contributed by atoms with Crippen molar-refractivity contribution in [2.45, 2.75) is 31.8 Å². The number of rotatable bonds is 5. The van der Waals surface area contributed by atoms with Gasteiger partial charge >= 0.3 is 0 Å². The number of carbonyl (C=O) groups is 1. The third kappa shape index (κ3) is 3.83. The number of fused-ring (bicyclic) bond motifs is 3. The normalized spacial score (nSPS) is 16.9. The first-order valence-corrected chi connectivity index (χ1v) is 12.0. The summed E-state index contributed by atoms with van der Waals surface area (Å²) in [6.45, 7) is 0.455. The highest BCUT2D eigenvalue weighted by Gasteiger charge is 2.36. The van der Waals surface area contributed by atoms with Gasteiger partial charge in [-0.05, 0) is 59.9 Å². The molecular weight excluding hydrogens is 436 g/mol. The summed E-state index contributed by atoms with van der Waals surface area (Å²) in [5.74, 6) is 1.35. The van der Waals surface area contributed by atoms with Crippen molar-refractivity contribution < 1.29 is 14.3 Å². The minimum absolute atomic E-state index is 0.195. The minimum Gasteiger partial charge on any atom is -0.493 e. The Hall–Kier alpha value is -4.12. The summed E-state index contributed by atoms with van der Waals surface area (Å²) in [6.07, 6.45) is 4.12. The fraction of sp³-hybridized carbons (Fsp3) is 0.200. The molecule has 1 N–H and O–H groups in total. The Balaban J connectivity index is 1.47. The van der Waals surface area contributed by atoms with E-state index in [9.17, 15) is 4.79 Å². The quantitative estimate of drug-likeness (QED) is 0.373. The second kappa shape index (κ2) is 8.91. The summed E-state index contributed by atoms with van der Waals surface area (Å²) in [5.41, 5.74) is 7.03. The van der Waals surface area contributed by atoms with Gasteiger partial charge in [-0.25, -0.2) is 0 Å². The number of benzene rings is 3. The average Bonchev–Trinajstić information content (AvgIpc) is 2.91. The van der Waals surface area contributed by atoms with Gasteiger partial charge in [0.15, 0.2) is 17.3 Å². The molecule has 1 atom stereocenters.